The molecule has 0 fully saturated rings. The molecule has 34 heavy (non-hydrogen) atoms. The molecule has 9 nitrogen and oxygen atoms in total. The lowest BCUT2D eigenvalue weighted by atomic mass is 10.0. The van der Waals surface area contributed by atoms with E-state index in [0.29, 0.717) is 28.1 Å². The van der Waals surface area contributed by atoms with Crippen molar-refractivity contribution in [2.24, 2.45) is 7.05 Å². The quantitative estimate of drug-likeness (QED) is 0.422. The minimum atomic E-state index is -0.672. The van der Waals surface area contributed by atoms with Gasteiger partial charge in [-0.3, -0.25) is 9.48 Å². The Hall–Kier alpha value is -3.72. The number of hydrogen-bond acceptors (Lipinski definition) is 6. The van der Waals surface area contributed by atoms with Crippen molar-refractivity contribution in [3.8, 4) is 22.5 Å². The van der Waals surface area contributed by atoms with Gasteiger partial charge in [0.1, 0.15) is 22.7 Å². The third kappa shape index (κ3) is 4.79. The van der Waals surface area contributed by atoms with E-state index in [2.05, 4.69) is 15.5 Å². The number of nitrogens with one attached hydrogen (secondary N) is 1. The van der Waals surface area contributed by atoms with Gasteiger partial charge in [0, 0.05) is 30.1 Å². The first-order valence-electron chi connectivity index (χ1n) is 10.6. The van der Waals surface area contributed by atoms with Gasteiger partial charge in [-0.1, -0.05) is 6.07 Å². The van der Waals surface area contributed by atoms with Gasteiger partial charge >= 0.3 is 6.09 Å². The van der Waals surface area contributed by atoms with E-state index in [4.69, 9.17) is 21.3 Å². The van der Waals surface area contributed by atoms with Gasteiger partial charge < -0.3 is 10.1 Å². The molecule has 1 N–H and O–H groups in total. The highest BCUT2D eigenvalue weighted by Gasteiger charge is 2.24. The van der Waals surface area contributed by atoms with E-state index >= 15 is 0 Å². The molecule has 0 unspecified atom stereocenters. The highest BCUT2D eigenvalue weighted by atomic mass is 35.5. The number of aryl methyl sites for hydroxylation is 2. The zero-order chi connectivity index (χ0) is 24.6. The smallest absolute Gasteiger partial charge is 0.435 e. The summed E-state index contributed by atoms with van der Waals surface area (Å²) in [5.74, 6) is -0.387. The van der Waals surface area contributed by atoms with Crippen molar-refractivity contribution in [2.45, 2.75) is 33.3 Å². The van der Waals surface area contributed by atoms with Crippen LogP contribution < -0.4 is 5.32 Å². The number of ether oxygens (including phenoxy) is 1. The number of aromatic nitrogens is 5. The fourth-order valence-electron chi connectivity index (χ4n) is 3.55. The van der Waals surface area contributed by atoms with Crippen molar-refractivity contribution in [1.82, 2.24) is 24.5 Å². The van der Waals surface area contributed by atoms with Gasteiger partial charge in [-0.2, -0.15) is 14.9 Å². The molecule has 0 saturated heterocycles. The van der Waals surface area contributed by atoms with E-state index in [1.54, 1.807) is 43.8 Å². The van der Waals surface area contributed by atoms with Gasteiger partial charge in [0.15, 0.2) is 0 Å². The molecule has 10 heteroatoms. The van der Waals surface area contributed by atoms with Crippen LogP contribution in [-0.4, -0.2) is 48.0 Å². The summed E-state index contributed by atoms with van der Waals surface area (Å²) in [5, 5.41) is 11.5. The average Bonchev–Trinajstić information content (AvgIpc) is 3.35. The molecule has 1 aromatic carbocycles. The van der Waals surface area contributed by atoms with Crippen LogP contribution in [0.4, 0.5) is 10.5 Å². The zero-order valence-electron chi connectivity index (χ0n) is 19.6. The molecule has 0 spiro atoms. The molecule has 0 radical (unpaired) electrons. The third-order valence-corrected chi connectivity index (χ3v) is 5.22. The van der Waals surface area contributed by atoms with E-state index in [0.717, 1.165) is 16.7 Å². The second-order valence-electron chi connectivity index (χ2n) is 8.92. The number of alkyl halides is 1. The summed E-state index contributed by atoms with van der Waals surface area (Å²) < 4.78 is 8.44. The fraction of sp³-hybridized carbons (Fsp3) is 0.292. The van der Waals surface area contributed by atoms with Gasteiger partial charge in [0.2, 0.25) is 5.91 Å². The Balaban J connectivity index is 1.82. The molecule has 0 saturated carbocycles. The van der Waals surface area contributed by atoms with Crippen LogP contribution in [0.2, 0.25) is 0 Å². The lowest BCUT2D eigenvalue weighted by Crippen LogP contribution is -2.27. The third-order valence-electron chi connectivity index (χ3n) is 4.98. The van der Waals surface area contributed by atoms with E-state index in [1.165, 1.54) is 4.68 Å². The maximum atomic E-state index is 12.9. The SMILES string of the molecule is Cc1cc(NC(=O)CCl)ccc1-c1ccc2c(n1)c(-c1cnn(C)c1)nn2C(=O)OC(C)(C)C. The molecule has 4 rings (SSSR count). The molecule has 0 aliphatic carbocycles. The normalized spacial score (nSPS) is 11.6. The Labute approximate surface area is 201 Å². The first kappa shape index (κ1) is 23.4. The number of fused-ring (bicyclic) bond motifs is 1. The van der Waals surface area contributed by atoms with Gasteiger partial charge in [-0.05, 0) is 57.5 Å². The number of anilines is 1. The molecular weight excluding hydrogens is 456 g/mol. The summed E-state index contributed by atoms with van der Waals surface area (Å²) >= 11 is 5.58. The van der Waals surface area contributed by atoms with Crippen LogP contribution in [0.5, 0.6) is 0 Å². The Morgan fingerprint density at radius 1 is 1.18 bits per heavy atom. The van der Waals surface area contributed by atoms with Crippen LogP contribution in [0.3, 0.4) is 0 Å². The van der Waals surface area contributed by atoms with E-state index < -0.39 is 11.7 Å². The molecule has 0 atom stereocenters. The molecule has 176 valence electrons. The summed E-state index contributed by atoms with van der Waals surface area (Å²) in [6.07, 6.45) is 2.90. The highest BCUT2D eigenvalue weighted by Crippen LogP contribution is 2.31. The lowest BCUT2D eigenvalue weighted by Gasteiger charge is -2.19. The molecule has 1 amide bonds. The maximum Gasteiger partial charge on any atom is 0.435 e. The Kier molecular flexibility index (Phi) is 6.14. The van der Waals surface area contributed by atoms with Crippen molar-refractivity contribution in [3.05, 3.63) is 48.3 Å². The summed E-state index contributed by atoms with van der Waals surface area (Å²) in [4.78, 5) is 29.3. The van der Waals surface area contributed by atoms with Gasteiger partial charge in [0.05, 0.1) is 17.4 Å². The number of amides is 1. The van der Waals surface area contributed by atoms with Crippen LogP contribution in [0.1, 0.15) is 26.3 Å². The monoisotopic (exact) mass is 480 g/mol. The van der Waals surface area contributed by atoms with E-state index in [1.807, 2.05) is 38.4 Å². The van der Waals surface area contributed by atoms with Crippen LogP contribution in [-0.2, 0) is 16.6 Å². The Morgan fingerprint density at radius 2 is 1.94 bits per heavy atom. The topological polar surface area (TPSA) is 104 Å². The summed E-state index contributed by atoms with van der Waals surface area (Å²) in [6.45, 7) is 7.34. The van der Waals surface area contributed by atoms with Gasteiger partial charge in [-0.25, -0.2) is 9.78 Å². The Bertz CT molecular complexity index is 1400. The van der Waals surface area contributed by atoms with Crippen molar-refractivity contribution in [3.63, 3.8) is 0 Å². The molecule has 0 aliphatic heterocycles. The molecule has 4 aromatic rings. The standard InChI is InChI=1S/C24H25ClN6O3/c1-14-10-16(27-20(32)11-25)6-7-17(14)18-8-9-19-22(28-18)21(15-12-26-30(5)13-15)29-31(19)23(33)34-24(2,3)4/h6-10,12-13H,11H2,1-5H3,(H,27,32). The number of hydrogen-bond donors (Lipinski definition) is 1. The highest BCUT2D eigenvalue weighted by molar-refractivity contribution is 6.29. The molecule has 0 aliphatic rings. The lowest BCUT2D eigenvalue weighted by molar-refractivity contribution is -0.113. The van der Waals surface area contributed by atoms with Crippen molar-refractivity contribution >= 4 is 40.3 Å². The predicted molar refractivity (Wildman–Crippen MR) is 131 cm³/mol. The minimum Gasteiger partial charge on any atom is -0.442 e. The van der Waals surface area contributed by atoms with Crippen LogP contribution in [0.15, 0.2) is 42.7 Å². The zero-order valence-corrected chi connectivity index (χ0v) is 20.3. The summed E-state index contributed by atoms with van der Waals surface area (Å²) in [6, 6.07) is 9.17. The molecule has 3 heterocycles. The molecular formula is C24H25ClN6O3. The van der Waals surface area contributed by atoms with Crippen LogP contribution in [0.25, 0.3) is 33.5 Å². The number of nitrogens with zero attached hydrogens (tertiary/aromatic N) is 5. The van der Waals surface area contributed by atoms with Crippen molar-refractivity contribution in [1.29, 1.82) is 0 Å². The van der Waals surface area contributed by atoms with Crippen LogP contribution >= 0.6 is 11.6 Å². The first-order valence-corrected chi connectivity index (χ1v) is 11.2. The fourth-order valence-corrected chi connectivity index (χ4v) is 3.62. The second kappa shape index (κ2) is 8.90. The average molecular weight is 481 g/mol. The number of benzene rings is 1. The number of halogens is 1. The van der Waals surface area contributed by atoms with Gasteiger partial charge in [-0.15, -0.1) is 11.6 Å². The summed E-state index contributed by atoms with van der Waals surface area (Å²) in [7, 11) is 1.81. The number of carbonyl (C=O) groups excluding carboxylic acids is 2. The van der Waals surface area contributed by atoms with Crippen LogP contribution in [0, 0.1) is 6.92 Å². The number of pyridine rings is 1. The van der Waals surface area contributed by atoms with Crippen molar-refractivity contribution < 1.29 is 14.3 Å². The maximum absolute atomic E-state index is 12.9. The van der Waals surface area contributed by atoms with E-state index in [9.17, 15) is 9.59 Å². The largest absolute Gasteiger partial charge is 0.442 e. The predicted octanol–water partition coefficient (Wildman–Crippen LogP) is 4.77. The first-order chi connectivity index (χ1) is 16.1. The number of rotatable bonds is 4. The summed E-state index contributed by atoms with van der Waals surface area (Å²) in [5.41, 5.74) is 4.82. The van der Waals surface area contributed by atoms with E-state index in [-0.39, 0.29) is 11.8 Å². The molecule has 3 aromatic heterocycles. The van der Waals surface area contributed by atoms with Gasteiger partial charge in [0.25, 0.3) is 0 Å². The molecule has 0 bridgehead atoms. The van der Waals surface area contributed by atoms with Crippen molar-refractivity contribution in [2.75, 3.05) is 11.2 Å². The second-order valence-corrected chi connectivity index (χ2v) is 9.19. The number of carbonyl (C=O) groups is 2. The Morgan fingerprint density at radius 3 is 2.56 bits per heavy atom. The minimum absolute atomic E-state index is 0.113.